The number of methoxy groups -OCH3 is 2. The average Bonchev–Trinajstić information content (AvgIpc) is 2.89. The van der Waals surface area contributed by atoms with Gasteiger partial charge in [0.05, 0.1) is 18.4 Å². The molecule has 0 spiro atoms. The van der Waals surface area contributed by atoms with Gasteiger partial charge in [0, 0.05) is 25.5 Å². The third kappa shape index (κ3) is 4.18. The Morgan fingerprint density at radius 1 is 1.17 bits per heavy atom. The number of aromatic nitrogens is 2. The van der Waals surface area contributed by atoms with Crippen LogP contribution in [-0.2, 0) is 16.1 Å². The van der Waals surface area contributed by atoms with Crippen molar-refractivity contribution in [3.8, 4) is 11.3 Å². The molecule has 0 aliphatic rings. The van der Waals surface area contributed by atoms with Gasteiger partial charge in [-0.25, -0.2) is 9.78 Å². The van der Waals surface area contributed by atoms with Crippen LogP contribution in [0.15, 0.2) is 12.1 Å². The summed E-state index contributed by atoms with van der Waals surface area (Å²) in [5, 5.41) is 7.00. The number of rotatable bonds is 4. The molecule has 126 valence electrons. The second-order valence-electron chi connectivity index (χ2n) is 5.06. The van der Waals surface area contributed by atoms with Crippen molar-refractivity contribution in [2.24, 2.45) is 0 Å². The van der Waals surface area contributed by atoms with Crippen molar-refractivity contribution in [3.63, 3.8) is 0 Å². The first-order valence-corrected chi connectivity index (χ1v) is 7.17. The number of imidazole rings is 1. The first-order valence-electron chi connectivity index (χ1n) is 7.17. The van der Waals surface area contributed by atoms with E-state index in [9.17, 15) is 4.79 Å². The molecule has 1 heterocycles. The van der Waals surface area contributed by atoms with Gasteiger partial charge in [-0.1, -0.05) is 6.07 Å². The molecule has 2 rings (SSSR count). The van der Waals surface area contributed by atoms with Gasteiger partial charge in [0.1, 0.15) is 12.4 Å². The average molecular weight is 320 g/mol. The minimum absolute atomic E-state index is 0.334. The van der Waals surface area contributed by atoms with E-state index in [1.807, 2.05) is 32.9 Å². The molecular weight excluding hydrogens is 296 g/mol. The van der Waals surface area contributed by atoms with E-state index in [1.54, 1.807) is 7.11 Å². The van der Waals surface area contributed by atoms with Crippen LogP contribution in [0.4, 0.5) is 0 Å². The summed E-state index contributed by atoms with van der Waals surface area (Å²) < 4.78 is 9.93. The predicted molar refractivity (Wildman–Crippen MR) is 88.4 cm³/mol. The van der Waals surface area contributed by atoms with E-state index >= 15 is 0 Å². The molecule has 6 heteroatoms. The Morgan fingerprint density at radius 3 is 2.39 bits per heavy atom. The highest BCUT2D eigenvalue weighted by atomic mass is 16.5. The molecule has 1 aromatic heterocycles. The fourth-order valence-electron chi connectivity index (χ4n) is 2.43. The Kier molecular flexibility index (Phi) is 6.93. The van der Waals surface area contributed by atoms with Gasteiger partial charge < -0.3 is 19.6 Å². The van der Waals surface area contributed by atoms with Gasteiger partial charge in [-0.2, -0.15) is 0 Å². The molecule has 2 aromatic rings. The number of aromatic amines is 1. The number of nitrogens with zero attached hydrogens (tertiary/aromatic N) is 1. The van der Waals surface area contributed by atoms with Crippen LogP contribution in [0.1, 0.15) is 33.0 Å². The predicted octanol–water partition coefficient (Wildman–Crippen LogP) is 2.54. The molecule has 0 aliphatic heterocycles. The number of aliphatic hydroxyl groups is 1. The lowest BCUT2D eigenvalue weighted by Gasteiger charge is -2.10. The molecule has 0 amide bonds. The van der Waals surface area contributed by atoms with Crippen molar-refractivity contribution in [3.05, 3.63) is 40.3 Å². The summed E-state index contributed by atoms with van der Waals surface area (Å²) in [5.74, 6) is 0.434. The molecule has 0 atom stereocenters. The molecule has 0 aliphatic carbocycles. The Morgan fingerprint density at radius 2 is 1.83 bits per heavy atom. The molecule has 0 bridgehead atoms. The van der Waals surface area contributed by atoms with Gasteiger partial charge in [0.25, 0.3) is 0 Å². The van der Waals surface area contributed by atoms with Crippen LogP contribution in [-0.4, -0.2) is 42.4 Å². The van der Waals surface area contributed by atoms with Crippen molar-refractivity contribution in [1.82, 2.24) is 9.97 Å². The van der Waals surface area contributed by atoms with Crippen LogP contribution in [0.5, 0.6) is 0 Å². The Balaban J connectivity index is 0.00000127. The topological polar surface area (TPSA) is 84.4 Å². The van der Waals surface area contributed by atoms with Crippen molar-refractivity contribution < 1.29 is 19.4 Å². The van der Waals surface area contributed by atoms with Crippen LogP contribution in [0.2, 0.25) is 0 Å². The molecular formula is C17H24N2O4. The third-order valence-corrected chi connectivity index (χ3v) is 3.45. The number of nitrogens with one attached hydrogen (secondary N) is 1. The minimum atomic E-state index is -0.334. The van der Waals surface area contributed by atoms with Gasteiger partial charge >= 0.3 is 5.97 Å². The second kappa shape index (κ2) is 8.45. The van der Waals surface area contributed by atoms with Gasteiger partial charge in [-0.05, 0) is 38.0 Å². The molecule has 0 unspecified atom stereocenters. The fourth-order valence-corrected chi connectivity index (χ4v) is 2.43. The number of carbonyl (C=O) groups excluding carboxylic acids is 1. The first-order chi connectivity index (χ1) is 11.0. The number of hydrogen-bond donors (Lipinski definition) is 2. The monoisotopic (exact) mass is 320 g/mol. The minimum Gasteiger partial charge on any atom is -0.465 e. The lowest BCUT2D eigenvalue weighted by molar-refractivity contribution is 0.0600. The molecule has 0 radical (unpaired) electrons. The zero-order valence-corrected chi connectivity index (χ0v) is 14.5. The number of ether oxygens (including phenoxy) is 2. The fraction of sp³-hybridized carbons (Fsp3) is 0.412. The third-order valence-electron chi connectivity index (χ3n) is 3.45. The Bertz CT molecular complexity index is 677. The van der Waals surface area contributed by atoms with E-state index in [0.717, 1.165) is 41.0 Å². The summed E-state index contributed by atoms with van der Waals surface area (Å²) in [7, 11) is 4.02. The summed E-state index contributed by atoms with van der Waals surface area (Å²) >= 11 is 0. The molecule has 6 nitrogen and oxygen atoms in total. The quantitative estimate of drug-likeness (QED) is 0.846. The number of hydrogen-bond acceptors (Lipinski definition) is 5. The van der Waals surface area contributed by atoms with E-state index in [1.165, 1.54) is 7.11 Å². The second-order valence-corrected chi connectivity index (χ2v) is 5.06. The van der Waals surface area contributed by atoms with Crippen molar-refractivity contribution in [2.75, 3.05) is 21.3 Å². The van der Waals surface area contributed by atoms with Crippen LogP contribution in [0, 0.1) is 20.8 Å². The zero-order valence-electron chi connectivity index (χ0n) is 14.5. The molecule has 0 saturated carbocycles. The van der Waals surface area contributed by atoms with E-state index in [4.69, 9.17) is 14.6 Å². The standard InChI is InChI=1S/C16H20N2O3.CH4O/c1-9-6-10(2)13(16(19)21-5)7-12(9)15-11(3)17-14(18-15)8-20-4;1-2/h6-7H,8H2,1-5H3,(H,17,18);2H,1H3. The van der Waals surface area contributed by atoms with Crippen LogP contribution < -0.4 is 0 Å². The van der Waals surface area contributed by atoms with Crippen molar-refractivity contribution in [1.29, 1.82) is 0 Å². The van der Waals surface area contributed by atoms with E-state index in [0.29, 0.717) is 12.2 Å². The molecule has 1 aromatic carbocycles. The lowest BCUT2D eigenvalue weighted by atomic mass is 9.97. The van der Waals surface area contributed by atoms with Gasteiger partial charge in [-0.3, -0.25) is 0 Å². The Labute approximate surface area is 136 Å². The molecule has 23 heavy (non-hydrogen) atoms. The summed E-state index contributed by atoms with van der Waals surface area (Å²) in [6, 6.07) is 3.82. The maximum absolute atomic E-state index is 11.9. The van der Waals surface area contributed by atoms with E-state index in [2.05, 4.69) is 9.97 Å². The largest absolute Gasteiger partial charge is 0.465 e. The summed E-state index contributed by atoms with van der Waals surface area (Å²) in [5.41, 5.74) is 5.24. The van der Waals surface area contributed by atoms with Crippen molar-refractivity contribution in [2.45, 2.75) is 27.4 Å². The maximum Gasteiger partial charge on any atom is 0.338 e. The van der Waals surface area contributed by atoms with Gasteiger partial charge in [0.2, 0.25) is 0 Å². The van der Waals surface area contributed by atoms with Crippen molar-refractivity contribution >= 4 is 5.97 Å². The highest BCUT2D eigenvalue weighted by Gasteiger charge is 2.16. The highest BCUT2D eigenvalue weighted by molar-refractivity contribution is 5.93. The number of carbonyl (C=O) groups is 1. The lowest BCUT2D eigenvalue weighted by Crippen LogP contribution is -2.05. The summed E-state index contributed by atoms with van der Waals surface area (Å²) in [6.07, 6.45) is 0. The van der Waals surface area contributed by atoms with Crippen LogP contribution in [0.25, 0.3) is 11.3 Å². The highest BCUT2D eigenvalue weighted by Crippen LogP contribution is 2.28. The van der Waals surface area contributed by atoms with Gasteiger partial charge in [-0.15, -0.1) is 0 Å². The first kappa shape index (κ1) is 18.9. The number of aliphatic hydroxyl groups excluding tert-OH is 1. The number of benzene rings is 1. The zero-order chi connectivity index (χ0) is 17.6. The summed E-state index contributed by atoms with van der Waals surface area (Å²) in [4.78, 5) is 19.6. The van der Waals surface area contributed by atoms with Gasteiger partial charge in [0.15, 0.2) is 0 Å². The molecule has 0 saturated heterocycles. The number of H-pyrrole nitrogens is 1. The maximum atomic E-state index is 11.9. The normalized spacial score (nSPS) is 10.0. The van der Waals surface area contributed by atoms with E-state index in [-0.39, 0.29) is 5.97 Å². The SMILES string of the molecule is CO.COCc1nc(-c2cc(C(=O)OC)c(C)cc2C)c(C)[nH]1. The van der Waals surface area contributed by atoms with Crippen LogP contribution in [0.3, 0.4) is 0 Å². The Hall–Kier alpha value is -2.18. The van der Waals surface area contributed by atoms with E-state index < -0.39 is 0 Å². The molecule has 0 fully saturated rings. The smallest absolute Gasteiger partial charge is 0.338 e. The van der Waals surface area contributed by atoms with Crippen LogP contribution >= 0.6 is 0 Å². The molecule has 2 N–H and O–H groups in total. The summed E-state index contributed by atoms with van der Waals surface area (Å²) in [6.45, 7) is 6.29. The number of esters is 1. The number of aryl methyl sites for hydroxylation is 3.